The highest BCUT2D eigenvalue weighted by molar-refractivity contribution is 8.26. The summed E-state index contributed by atoms with van der Waals surface area (Å²) >= 11 is 5.72. The van der Waals surface area contributed by atoms with E-state index in [1.165, 1.54) is 32.4 Å². The van der Waals surface area contributed by atoms with Gasteiger partial charge in [-0.3, -0.25) is 14.4 Å². The van der Waals surface area contributed by atoms with E-state index >= 15 is 0 Å². The van der Waals surface area contributed by atoms with Crippen LogP contribution in [0.4, 0.5) is 0 Å². The molecule has 7 aliphatic rings. The molecule has 44 heavy (non-hydrogen) atoms. The lowest BCUT2D eigenvalue weighted by molar-refractivity contribution is -0.141. The predicted octanol–water partition coefficient (Wildman–Crippen LogP) is 0.981. The van der Waals surface area contributed by atoms with Crippen molar-refractivity contribution in [2.24, 2.45) is 23.7 Å². The van der Waals surface area contributed by atoms with Gasteiger partial charge in [-0.25, -0.2) is 0 Å². The number of hydrogen-bond donors (Lipinski definition) is 2. The van der Waals surface area contributed by atoms with Crippen LogP contribution in [0.15, 0.2) is 0 Å². The molecule has 0 aromatic carbocycles. The average Bonchev–Trinajstić information content (AvgIpc) is 3.85. The van der Waals surface area contributed by atoms with Crippen molar-refractivity contribution < 1.29 is 30.1 Å². The molecule has 0 aliphatic carbocycles. The third kappa shape index (κ3) is 8.78. The molecule has 8 unspecified atom stereocenters. The first kappa shape index (κ1) is 35.7. The van der Waals surface area contributed by atoms with Crippen molar-refractivity contribution in [2.75, 3.05) is 80.5 Å². The number of rotatable bonds is 5. The molecule has 4 bridgehead atoms. The van der Waals surface area contributed by atoms with Gasteiger partial charge < -0.3 is 52.2 Å². The molecule has 7 fully saturated rings. The highest BCUT2D eigenvalue weighted by atomic mass is 32.2. The Morgan fingerprint density at radius 1 is 0.750 bits per heavy atom. The molecule has 0 radical (unpaired) electrons. The number of likely N-dealkylation sites (tertiary alicyclic amines) is 1. The number of carbonyl (C=O) groups is 4. The number of nitrogens with one attached hydrogen (secondary N) is 2. The number of piperidine rings is 1. The van der Waals surface area contributed by atoms with Crippen LogP contribution in [0.1, 0.15) is 46.4 Å². The van der Waals surface area contributed by atoms with E-state index in [-0.39, 0.29) is 70.8 Å². The van der Waals surface area contributed by atoms with Gasteiger partial charge in [0.25, 0.3) is 0 Å². The third-order valence-electron chi connectivity index (χ3n) is 9.87. The maximum Gasteiger partial charge on any atom is 0.229 e. The van der Waals surface area contributed by atoms with Crippen LogP contribution in [0.3, 0.4) is 0 Å². The Morgan fingerprint density at radius 3 is 1.66 bits per heavy atom. The lowest BCUT2D eigenvalue weighted by atomic mass is 9.79. The van der Waals surface area contributed by atoms with Crippen LogP contribution < -0.4 is 10.6 Å². The molecule has 1 amide bonds. The fourth-order valence-electron chi connectivity index (χ4n) is 7.34. The maximum absolute atomic E-state index is 12.6. The molecule has 11 nitrogen and oxygen atoms in total. The van der Waals surface area contributed by atoms with Gasteiger partial charge in [0.15, 0.2) is 0 Å². The number of nitrogens with zero attached hydrogens (tertiary/aromatic N) is 3. The molecule has 7 aliphatic heterocycles. The number of piperazine rings is 1. The van der Waals surface area contributed by atoms with Crippen molar-refractivity contribution in [3.05, 3.63) is 0 Å². The monoisotopic (exact) mass is 657 g/mol. The molecule has 0 saturated carbocycles. The summed E-state index contributed by atoms with van der Waals surface area (Å²) in [7, 11) is 8.13. The predicted molar refractivity (Wildman–Crippen MR) is 175 cm³/mol. The summed E-state index contributed by atoms with van der Waals surface area (Å²) < 4.78 is 11.3. The zero-order valence-electron chi connectivity index (χ0n) is 26.8. The SMILES string of the molecule is CN1CCCCC1.CN1CCN(C(=O)C2C3CCC(O3)C2C(=O)[S-])CC1.CNCCNC.O=C1SC(=O)C2C3CCC(O3)C12.[2HH]. The Hall–Kier alpha value is -1.19. The summed E-state index contributed by atoms with van der Waals surface area (Å²) in [5.41, 5.74) is 0. The van der Waals surface area contributed by atoms with Crippen LogP contribution in [0.5, 0.6) is 0 Å². The van der Waals surface area contributed by atoms with Gasteiger partial charge in [0.05, 0.1) is 42.2 Å². The Kier molecular flexibility index (Phi) is 13.9. The molecule has 2 N–H and O–H groups in total. The topological polar surface area (TPSA) is 121 Å². The number of fused-ring (bicyclic) bond motifs is 7. The van der Waals surface area contributed by atoms with Gasteiger partial charge >= 0.3 is 0 Å². The van der Waals surface area contributed by atoms with E-state index in [1.807, 2.05) is 19.0 Å². The molecular weight excluding hydrogens is 603 g/mol. The van der Waals surface area contributed by atoms with Crippen molar-refractivity contribution >= 4 is 45.6 Å². The molecule has 8 atom stereocenters. The Balaban J connectivity index is 0.000000181. The Morgan fingerprint density at radius 2 is 1.20 bits per heavy atom. The highest BCUT2D eigenvalue weighted by Gasteiger charge is 2.59. The molecule has 0 spiro atoms. The van der Waals surface area contributed by atoms with Crippen LogP contribution in [0.2, 0.25) is 0 Å². The van der Waals surface area contributed by atoms with Crippen molar-refractivity contribution in [2.45, 2.75) is 69.4 Å². The smallest absolute Gasteiger partial charge is 0.229 e. The molecule has 252 valence electrons. The highest BCUT2D eigenvalue weighted by Crippen LogP contribution is 2.51. The summed E-state index contributed by atoms with van der Waals surface area (Å²) in [5, 5.41) is 5.78. The summed E-state index contributed by atoms with van der Waals surface area (Å²) in [6, 6.07) is 0. The lowest BCUT2D eigenvalue weighted by Gasteiger charge is -2.37. The minimum atomic E-state index is -0.388. The van der Waals surface area contributed by atoms with Gasteiger partial charge in [0, 0.05) is 51.7 Å². The van der Waals surface area contributed by atoms with Crippen LogP contribution in [0.25, 0.3) is 0 Å². The number of likely N-dealkylation sites (N-methyl/N-ethyl adjacent to an activating group) is 3. The van der Waals surface area contributed by atoms with Crippen LogP contribution in [-0.2, 0) is 41.3 Å². The molecule has 0 aromatic heterocycles. The quantitative estimate of drug-likeness (QED) is 0.324. The van der Waals surface area contributed by atoms with Gasteiger partial charge in [-0.15, -0.1) is 0 Å². The molecule has 13 heteroatoms. The molecule has 7 saturated heterocycles. The number of hydrogen-bond acceptors (Lipinski definition) is 12. The second kappa shape index (κ2) is 17.1. The van der Waals surface area contributed by atoms with E-state index in [0.717, 1.165) is 76.7 Å². The van der Waals surface area contributed by atoms with Gasteiger partial charge in [-0.2, -0.15) is 0 Å². The normalized spacial score (nSPS) is 35.7. The van der Waals surface area contributed by atoms with E-state index in [0.29, 0.717) is 0 Å². The summed E-state index contributed by atoms with van der Waals surface area (Å²) in [5.74, 6) is -0.834. The minimum absolute atomic E-state index is 0. The van der Waals surface area contributed by atoms with Gasteiger partial charge in [0.2, 0.25) is 16.1 Å². The first-order valence-corrected chi connectivity index (χ1v) is 17.6. The Labute approximate surface area is 274 Å². The first-order valence-electron chi connectivity index (χ1n) is 16.4. The van der Waals surface area contributed by atoms with Crippen LogP contribution in [0, 0.1) is 23.7 Å². The second-order valence-corrected chi connectivity index (χ2v) is 14.4. The number of amides is 1. The van der Waals surface area contributed by atoms with E-state index in [1.54, 1.807) is 0 Å². The summed E-state index contributed by atoms with van der Waals surface area (Å²) in [6.07, 6.45) is 7.87. The van der Waals surface area contributed by atoms with E-state index in [2.05, 4.69) is 34.5 Å². The van der Waals surface area contributed by atoms with Gasteiger partial charge in [-0.05, 0) is 91.6 Å². The van der Waals surface area contributed by atoms with Crippen LogP contribution >= 0.6 is 11.8 Å². The zero-order chi connectivity index (χ0) is 31.8. The number of ether oxygens (including phenoxy) is 2. The van der Waals surface area contributed by atoms with Crippen LogP contribution in [-0.4, -0.2) is 141 Å². The van der Waals surface area contributed by atoms with E-state index in [4.69, 9.17) is 22.1 Å². The summed E-state index contributed by atoms with van der Waals surface area (Å²) in [6.45, 7) is 8.00. The fraction of sp³-hybridized carbons (Fsp3) is 0.871. The Bertz CT molecular complexity index is 970. The van der Waals surface area contributed by atoms with Crippen molar-refractivity contribution in [3.8, 4) is 0 Å². The van der Waals surface area contributed by atoms with Gasteiger partial charge in [0.1, 0.15) is 0 Å². The summed E-state index contributed by atoms with van der Waals surface area (Å²) in [4.78, 5) is 53.4. The third-order valence-corrected chi connectivity index (χ3v) is 11.1. The van der Waals surface area contributed by atoms with E-state index in [9.17, 15) is 19.2 Å². The van der Waals surface area contributed by atoms with Crippen molar-refractivity contribution in [1.82, 2.24) is 25.3 Å². The molecule has 0 aromatic rings. The van der Waals surface area contributed by atoms with E-state index < -0.39 is 0 Å². The first-order chi connectivity index (χ1) is 21.2. The molecular formula is C31H54N5O6S2-. The van der Waals surface area contributed by atoms with Gasteiger partial charge in [-0.1, -0.05) is 6.42 Å². The lowest BCUT2D eigenvalue weighted by Crippen LogP contribution is -2.52. The molecule has 7 heterocycles. The fourth-order valence-corrected chi connectivity index (χ4v) is 8.71. The number of carbonyl (C=O) groups excluding carboxylic acids is 4. The number of thioether (sulfide) groups is 1. The standard InChI is InChI=1S/C13H20N2O3S.C8H8O3S.C6H13N.C4H12N2.H2/c1-14-4-6-15(7-5-14)12(16)10-8-2-3-9(18-8)11(10)13(17)19;9-7-5-3-1-2-4(11-3)6(5)8(10)12-7;1-7-5-3-2-4-6-7;1-5-3-4-6-2;/h8-11H,2-7H2,1H3,(H,17,19);3-6H,1-2H2;2-6H2,1H3;5-6H,3-4H2,1-2H3;1H/p-1/i;;;;1+1. The average molecular weight is 658 g/mol. The molecule has 7 rings (SSSR count). The second-order valence-electron chi connectivity index (χ2n) is 12.9. The zero-order valence-corrected chi connectivity index (χ0v) is 28.5. The minimum Gasteiger partial charge on any atom is -0.742 e. The largest absolute Gasteiger partial charge is 0.742 e. The van der Waals surface area contributed by atoms with Crippen molar-refractivity contribution in [1.29, 1.82) is 0 Å². The van der Waals surface area contributed by atoms with Crippen molar-refractivity contribution in [3.63, 3.8) is 0 Å². The maximum atomic E-state index is 12.6.